The van der Waals surface area contributed by atoms with Crippen molar-refractivity contribution >= 4 is 22.7 Å². The molecule has 7 heteroatoms. The summed E-state index contributed by atoms with van der Waals surface area (Å²) in [6, 6.07) is 5.72. The average molecular weight is 291 g/mol. The van der Waals surface area contributed by atoms with Crippen molar-refractivity contribution in [2.45, 2.75) is 18.3 Å². The topological polar surface area (TPSA) is 83.6 Å². The molecule has 3 N–H and O–H groups in total. The van der Waals surface area contributed by atoms with E-state index >= 15 is 0 Å². The lowest BCUT2D eigenvalue weighted by Crippen LogP contribution is -2.36. The van der Waals surface area contributed by atoms with Gasteiger partial charge < -0.3 is 11.1 Å². The minimum Gasteiger partial charge on any atom is -0.367 e. The Hall–Kier alpha value is -1.60. The van der Waals surface area contributed by atoms with Crippen molar-refractivity contribution in [2.24, 2.45) is 16.8 Å². The maximum Gasteiger partial charge on any atom is 0.252 e. The summed E-state index contributed by atoms with van der Waals surface area (Å²) in [7, 11) is 0. The van der Waals surface area contributed by atoms with Crippen LogP contribution >= 0.6 is 11.8 Å². The number of hydrogen-bond acceptors (Lipinski definition) is 6. The second-order valence-corrected chi connectivity index (χ2v) is 6.02. The highest BCUT2D eigenvalue weighted by atomic mass is 32.2. The van der Waals surface area contributed by atoms with Gasteiger partial charge in [-0.2, -0.15) is 5.10 Å². The number of carbonyl (C=O) groups is 1. The van der Waals surface area contributed by atoms with Crippen LogP contribution in [0, 0.1) is 5.92 Å². The van der Waals surface area contributed by atoms with Gasteiger partial charge in [0.25, 0.3) is 5.91 Å². The minimum absolute atomic E-state index is 0.351. The van der Waals surface area contributed by atoms with E-state index in [1.807, 2.05) is 18.2 Å². The third-order valence-corrected chi connectivity index (χ3v) is 4.79. The highest BCUT2D eigenvalue weighted by molar-refractivity contribution is 8.15. The summed E-state index contributed by atoms with van der Waals surface area (Å²) < 4.78 is 0. The summed E-state index contributed by atoms with van der Waals surface area (Å²) in [5.74, 6) is 0.0474. The molecule has 0 saturated carbocycles. The van der Waals surface area contributed by atoms with Gasteiger partial charge >= 0.3 is 0 Å². The lowest BCUT2D eigenvalue weighted by Gasteiger charge is -2.19. The van der Waals surface area contributed by atoms with Crippen molar-refractivity contribution in [3.8, 4) is 0 Å². The molecule has 1 fully saturated rings. The van der Waals surface area contributed by atoms with Gasteiger partial charge in [-0.3, -0.25) is 14.8 Å². The average Bonchev–Trinajstić information content (AvgIpc) is 3.08. The first-order valence-corrected chi connectivity index (χ1v) is 7.54. The smallest absolute Gasteiger partial charge is 0.252 e. The Labute approximate surface area is 121 Å². The zero-order valence-corrected chi connectivity index (χ0v) is 11.8. The van der Waals surface area contributed by atoms with Crippen LogP contribution in [0.5, 0.6) is 0 Å². The predicted octanol–water partition coefficient (Wildman–Crippen LogP) is 0.365. The molecule has 0 bridgehead atoms. The van der Waals surface area contributed by atoms with E-state index in [2.05, 4.69) is 15.4 Å². The fourth-order valence-electron chi connectivity index (χ4n) is 2.40. The highest BCUT2D eigenvalue weighted by Crippen LogP contribution is 2.32. The molecule has 0 spiro atoms. The van der Waals surface area contributed by atoms with E-state index in [0.29, 0.717) is 12.5 Å². The van der Waals surface area contributed by atoms with E-state index in [1.165, 1.54) is 11.8 Å². The summed E-state index contributed by atoms with van der Waals surface area (Å²) in [5.41, 5.74) is 6.38. The molecule has 0 aromatic carbocycles. The van der Waals surface area contributed by atoms with Crippen molar-refractivity contribution in [2.75, 3.05) is 13.1 Å². The molecule has 2 aliphatic rings. The van der Waals surface area contributed by atoms with Crippen LogP contribution in [-0.4, -0.2) is 39.4 Å². The van der Waals surface area contributed by atoms with Gasteiger partial charge in [0, 0.05) is 18.7 Å². The number of aromatic nitrogens is 1. The lowest BCUT2D eigenvalue weighted by atomic mass is 10.1. The quantitative estimate of drug-likeness (QED) is 0.837. The van der Waals surface area contributed by atoms with Crippen LogP contribution in [0.4, 0.5) is 0 Å². The van der Waals surface area contributed by atoms with Gasteiger partial charge in [0.05, 0.1) is 12.2 Å². The summed E-state index contributed by atoms with van der Waals surface area (Å²) >= 11 is 1.48. The Balaban J connectivity index is 1.76. The molecule has 0 aliphatic carbocycles. The Kier molecular flexibility index (Phi) is 3.88. The SMILES string of the molecule is NC(=O)C1SC(C2CCNC2)=NN1Cc1ccccn1. The molecule has 1 amide bonds. The van der Waals surface area contributed by atoms with Crippen LogP contribution in [0.3, 0.4) is 0 Å². The summed E-state index contributed by atoms with van der Waals surface area (Å²) in [6.45, 7) is 2.44. The summed E-state index contributed by atoms with van der Waals surface area (Å²) in [5, 5.41) is 10.3. The Morgan fingerprint density at radius 2 is 2.45 bits per heavy atom. The molecule has 2 atom stereocenters. The summed E-state index contributed by atoms with van der Waals surface area (Å²) in [6.07, 6.45) is 2.80. The third kappa shape index (κ3) is 2.78. The molecule has 1 aromatic rings. The van der Waals surface area contributed by atoms with Crippen LogP contribution in [0.25, 0.3) is 0 Å². The second-order valence-electron chi connectivity index (χ2n) is 4.92. The Morgan fingerprint density at radius 3 is 3.10 bits per heavy atom. The Morgan fingerprint density at radius 1 is 1.55 bits per heavy atom. The zero-order valence-electron chi connectivity index (χ0n) is 11.0. The van der Waals surface area contributed by atoms with Gasteiger partial charge in [-0.05, 0) is 25.1 Å². The Bertz CT molecular complexity index is 515. The molecule has 106 valence electrons. The monoisotopic (exact) mass is 291 g/mol. The first-order chi connectivity index (χ1) is 9.74. The zero-order chi connectivity index (χ0) is 13.9. The van der Waals surface area contributed by atoms with Crippen molar-refractivity contribution < 1.29 is 4.79 Å². The van der Waals surface area contributed by atoms with Gasteiger partial charge in [0.15, 0.2) is 5.37 Å². The highest BCUT2D eigenvalue weighted by Gasteiger charge is 2.36. The molecule has 3 rings (SSSR count). The van der Waals surface area contributed by atoms with Crippen molar-refractivity contribution in [1.82, 2.24) is 15.3 Å². The number of nitrogens with one attached hydrogen (secondary N) is 1. The second kappa shape index (κ2) is 5.80. The van der Waals surface area contributed by atoms with E-state index in [9.17, 15) is 4.79 Å². The molecule has 6 nitrogen and oxygen atoms in total. The maximum atomic E-state index is 11.6. The molecule has 0 radical (unpaired) electrons. The van der Waals surface area contributed by atoms with Crippen molar-refractivity contribution in [3.63, 3.8) is 0 Å². The molecule has 3 heterocycles. The standard InChI is InChI=1S/C13H17N5OS/c14-11(19)13-18(8-10-3-1-2-5-16-10)17-12(20-13)9-4-6-15-7-9/h1-3,5,9,13,15H,4,6-8H2,(H2,14,19). The normalized spacial score (nSPS) is 25.8. The number of pyridine rings is 1. The van der Waals surface area contributed by atoms with Gasteiger partial charge in [-0.25, -0.2) is 0 Å². The number of primary amides is 1. The third-order valence-electron chi connectivity index (χ3n) is 3.43. The van der Waals surface area contributed by atoms with Crippen LogP contribution in [0.1, 0.15) is 12.1 Å². The number of thioether (sulfide) groups is 1. The van der Waals surface area contributed by atoms with Crippen LogP contribution in [0.15, 0.2) is 29.5 Å². The van der Waals surface area contributed by atoms with Crippen LogP contribution < -0.4 is 11.1 Å². The number of nitrogens with two attached hydrogens (primary N) is 1. The largest absolute Gasteiger partial charge is 0.367 e. The number of nitrogens with zero attached hydrogens (tertiary/aromatic N) is 3. The predicted molar refractivity (Wildman–Crippen MR) is 78.8 cm³/mol. The van der Waals surface area contributed by atoms with Gasteiger partial charge in [0.1, 0.15) is 5.04 Å². The molecular formula is C13H17N5OS. The number of carbonyl (C=O) groups excluding carboxylic acids is 1. The van der Waals surface area contributed by atoms with Crippen molar-refractivity contribution in [3.05, 3.63) is 30.1 Å². The fourth-order valence-corrected chi connectivity index (χ4v) is 3.54. The maximum absolute atomic E-state index is 11.6. The van der Waals surface area contributed by atoms with Gasteiger partial charge in [-0.15, -0.1) is 0 Å². The first-order valence-electron chi connectivity index (χ1n) is 6.66. The molecular weight excluding hydrogens is 274 g/mol. The number of hydrogen-bond donors (Lipinski definition) is 2. The van der Waals surface area contributed by atoms with E-state index in [1.54, 1.807) is 11.2 Å². The molecule has 1 aromatic heterocycles. The number of rotatable bonds is 4. The molecule has 1 saturated heterocycles. The summed E-state index contributed by atoms with van der Waals surface area (Å²) in [4.78, 5) is 15.9. The van der Waals surface area contributed by atoms with E-state index in [0.717, 1.165) is 30.2 Å². The van der Waals surface area contributed by atoms with Gasteiger partial charge in [0.2, 0.25) is 0 Å². The minimum atomic E-state index is -0.424. The van der Waals surface area contributed by atoms with Gasteiger partial charge in [-0.1, -0.05) is 17.8 Å². The van der Waals surface area contributed by atoms with Crippen molar-refractivity contribution in [1.29, 1.82) is 0 Å². The van der Waals surface area contributed by atoms with E-state index in [4.69, 9.17) is 5.73 Å². The van der Waals surface area contributed by atoms with Crippen LogP contribution in [-0.2, 0) is 11.3 Å². The molecule has 20 heavy (non-hydrogen) atoms. The molecule has 2 aliphatic heterocycles. The molecule has 2 unspecified atom stereocenters. The fraction of sp³-hybridized carbons (Fsp3) is 0.462. The number of hydrazone groups is 1. The number of amides is 1. The van der Waals surface area contributed by atoms with E-state index < -0.39 is 5.37 Å². The lowest BCUT2D eigenvalue weighted by molar-refractivity contribution is -0.120. The first kappa shape index (κ1) is 13.4. The van der Waals surface area contributed by atoms with E-state index in [-0.39, 0.29) is 5.91 Å². The van der Waals surface area contributed by atoms with Crippen LogP contribution in [0.2, 0.25) is 0 Å².